The van der Waals surface area contributed by atoms with Crippen LogP contribution in [-0.2, 0) is 17.8 Å². The van der Waals surface area contributed by atoms with Crippen LogP contribution in [0.15, 0.2) is 24.3 Å². The van der Waals surface area contributed by atoms with Gasteiger partial charge in [0.15, 0.2) is 0 Å². The lowest BCUT2D eigenvalue weighted by atomic mass is 10.3. The summed E-state index contributed by atoms with van der Waals surface area (Å²) < 4.78 is 10.6. The Labute approximate surface area is 126 Å². The number of methoxy groups -OCH3 is 1. The Bertz CT molecular complexity index is 622. The number of hydrogen-bond donors (Lipinski definition) is 0. The van der Waals surface area contributed by atoms with Crippen molar-refractivity contribution < 1.29 is 9.47 Å². The molecule has 0 aliphatic heterocycles. The Morgan fingerprint density at radius 2 is 2.20 bits per heavy atom. The third kappa shape index (κ3) is 3.70. The topological polar surface area (TPSA) is 55.1 Å². The summed E-state index contributed by atoms with van der Waals surface area (Å²) in [7, 11) is 1.58. The highest BCUT2D eigenvalue weighted by Crippen LogP contribution is 2.24. The van der Waals surface area contributed by atoms with Crippen LogP contribution in [0.3, 0.4) is 0 Å². The van der Waals surface area contributed by atoms with Gasteiger partial charge in [0, 0.05) is 13.5 Å². The van der Waals surface area contributed by atoms with E-state index in [9.17, 15) is 0 Å². The predicted octanol–water partition coefficient (Wildman–Crippen LogP) is 3.44. The lowest BCUT2D eigenvalue weighted by Crippen LogP contribution is -2.01. The summed E-state index contributed by atoms with van der Waals surface area (Å²) in [5.74, 6) is 0.656. The van der Waals surface area contributed by atoms with Crippen LogP contribution in [0.4, 0.5) is 0 Å². The van der Waals surface area contributed by atoms with E-state index in [4.69, 9.17) is 26.3 Å². The van der Waals surface area contributed by atoms with Crippen LogP contribution in [0.1, 0.15) is 15.6 Å². The molecule has 0 N–H and O–H groups in total. The molecule has 0 radical (unpaired) electrons. The van der Waals surface area contributed by atoms with E-state index in [1.807, 2.05) is 18.2 Å². The molecule has 0 fully saturated rings. The quantitative estimate of drug-likeness (QED) is 0.820. The fraction of sp³-hybridized carbons (Fsp3) is 0.286. The largest absolute Gasteiger partial charge is 0.492 e. The van der Waals surface area contributed by atoms with Gasteiger partial charge in [0.05, 0.1) is 28.9 Å². The summed E-state index contributed by atoms with van der Waals surface area (Å²) in [6.45, 7) is 0.819. The fourth-order valence-electron chi connectivity index (χ4n) is 1.64. The third-order valence-electron chi connectivity index (χ3n) is 2.53. The molecule has 0 saturated heterocycles. The summed E-state index contributed by atoms with van der Waals surface area (Å²) in [4.78, 5) is 4.98. The Hall–Kier alpha value is -1.61. The number of benzene rings is 1. The first-order valence-corrected chi connectivity index (χ1v) is 7.19. The first-order chi connectivity index (χ1) is 9.74. The maximum atomic E-state index is 9.01. The molecular formula is C14H13ClN2O2S. The molecule has 4 nitrogen and oxygen atoms in total. The monoisotopic (exact) mass is 308 g/mol. The van der Waals surface area contributed by atoms with Crippen molar-refractivity contribution in [1.29, 1.82) is 5.26 Å². The molecule has 0 aliphatic rings. The van der Waals surface area contributed by atoms with Crippen molar-refractivity contribution in [2.75, 3.05) is 13.7 Å². The van der Waals surface area contributed by atoms with Crippen molar-refractivity contribution in [3.8, 4) is 11.8 Å². The Kier molecular flexibility index (Phi) is 5.36. The van der Waals surface area contributed by atoms with Crippen LogP contribution < -0.4 is 4.74 Å². The molecule has 6 heteroatoms. The molecule has 0 atom stereocenters. The van der Waals surface area contributed by atoms with Gasteiger partial charge in [-0.3, -0.25) is 0 Å². The minimum Gasteiger partial charge on any atom is -0.492 e. The molecule has 0 saturated carbocycles. The number of nitrogens with zero attached hydrogens (tertiary/aromatic N) is 2. The van der Waals surface area contributed by atoms with Crippen molar-refractivity contribution in [2.24, 2.45) is 0 Å². The second-order valence-electron chi connectivity index (χ2n) is 3.96. The molecule has 20 heavy (non-hydrogen) atoms. The van der Waals surface area contributed by atoms with Gasteiger partial charge in [-0.1, -0.05) is 23.7 Å². The molecule has 1 aromatic heterocycles. The number of hydrogen-bond acceptors (Lipinski definition) is 5. The molecule has 104 valence electrons. The SMILES string of the molecule is COCc1nc(CCOc2ccccc2Cl)sc1C#N. The third-order valence-corrected chi connectivity index (χ3v) is 3.91. The van der Waals surface area contributed by atoms with E-state index in [-0.39, 0.29) is 0 Å². The maximum absolute atomic E-state index is 9.01. The Morgan fingerprint density at radius 1 is 1.40 bits per heavy atom. The molecule has 1 heterocycles. The summed E-state index contributed by atoms with van der Waals surface area (Å²) in [5.41, 5.74) is 0.688. The van der Waals surface area contributed by atoms with Crippen LogP contribution >= 0.6 is 22.9 Å². The zero-order valence-electron chi connectivity index (χ0n) is 10.9. The van der Waals surface area contributed by atoms with Crippen molar-refractivity contribution in [2.45, 2.75) is 13.0 Å². The standard InChI is InChI=1S/C14H13ClN2O2S/c1-18-9-11-13(8-16)20-14(17-11)6-7-19-12-5-3-2-4-10(12)15/h2-5H,6-7,9H2,1H3. The van der Waals surface area contributed by atoms with E-state index >= 15 is 0 Å². The minimum atomic E-state index is 0.352. The average Bonchev–Trinajstić information content (AvgIpc) is 2.84. The van der Waals surface area contributed by atoms with Gasteiger partial charge in [-0.2, -0.15) is 5.26 Å². The summed E-state index contributed by atoms with van der Waals surface area (Å²) >= 11 is 7.37. The van der Waals surface area contributed by atoms with E-state index in [1.54, 1.807) is 13.2 Å². The van der Waals surface area contributed by atoms with Gasteiger partial charge in [0.1, 0.15) is 16.7 Å². The number of para-hydroxylation sites is 1. The molecule has 2 rings (SSSR count). The van der Waals surface area contributed by atoms with Gasteiger partial charge < -0.3 is 9.47 Å². The highest BCUT2D eigenvalue weighted by molar-refractivity contribution is 7.12. The van der Waals surface area contributed by atoms with Crippen molar-refractivity contribution in [3.05, 3.63) is 44.9 Å². The second-order valence-corrected chi connectivity index (χ2v) is 5.45. The van der Waals surface area contributed by atoms with E-state index < -0.39 is 0 Å². The predicted molar refractivity (Wildman–Crippen MR) is 78.2 cm³/mol. The number of thiazole rings is 1. The van der Waals surface area contributed by atoms with Crippen LogP contribution in [0.5, 0.6) is 5.75 Å². The van der Waals surface area contributed by atoms with Crippen molar-refractivity contribution in [1.82, 2.24) is 4.98 Å². The summed E-state index contributed by atoms with van der Waals surface area (Å²) in [6.07, 6.45) is 0.633. The Morgan fingerprint density at radius 3 is 2.90 bits per heavy atom. The van der Waals surface area contributed by atoms with Gasteiger partial charge in [-0.25, -0.2) is 4.98 Å². The molecule has 0 aliphatic carbocycles. The summed E-state index contributed by atoms with van der Waals surface area (Å²) in [6, 6.07) is 9.46. The van der Waals surface area contributed by atoms with Crippen LogP contribution in [-0.4, -0.2) is 18.7 Å². The Balaban J connectivity index is 1.95. The number of aromatic nitrogens is 1. The van der Waals surface area contributed by atoms with Crippen LogP contribution in [0.25, 0.3) is 0 Å². The highest BCUT2D eigenvalue weighted by Gasteiger charge is 2.10. The first-order valence-electron chi connectivity index (χ1n) is 5.99. The number of rotatable bonds is 6. The molecule has 1 aromatic carbocycles. The van der Waals surface area contributed by atoms with E-state index in [0.717, 1.165) is 5.01 Å². The lowest BCUT2D eigenvalue weighted by molar-refractivity contribution is 0.181. The zero-order valence-corrected chi connectivity index (χ0v) is 12.5. The van der Waals surface area contributed by atoms with Gasteiger partial charge in [0.2, 0.25) is 0 Å². The number of nitriles is 1. The van der Waals surface area contributed by atoms with Gasteiger partial charge >= 0.3 is 0 Å². The normalized spacial score (nSPS) is 10.2. The molecule has 0 spiro atoms. The first kappa shape index (κ1) is 14.8. The molecule has 0 bridgehead atoms. The van der Waals surface area contributed by atoms with Crippen molar-refractivity contribution in [3.63, 3.8) is 0 Å². The molecule has 0 amide bonds. The average molecular weight is 309 g/mol. The second kappa shape index (κ2) is 7.25. The van der Waals surface area contributed by atoms with Crippen LogP contribution in [0, 0.1) is 11.3 Å². The van der Waals surface area contributed by atoms with E-state index in [0.29, 0.717) is 41.0 Å². The number of halogens is 1. The van der Waals surface area contributed by atoms with E-state index in [2.05, 4.69) is 11.1 Å². The van der Waals surface area contributed by atoms with Gasteiger partial charge in [-0.05, 0) is 12.1 Å². The van der Waals surface area contributed by atoms with Gasteiger partial charge in [-0.15, -0.1) is 11.3 Å². The lowest BCUT2D eigenvalue weighted by Gasteiger charge is -2.06. The minimum absolute atomic E-state index is 0.352. The van der Waals surface area contributed by atoms with E-state index in [1.165, 1.54) is 11.3 Å². The maximum Gasteiger partial charge on any atom is 0.137 e. The van der Waals surface area contributed by atoms with Crippen molar-refractivity contribution >= 4 is 22.9 Å². The number of ether oxygens (including phenoxy) is 2. The molecule has 2 aromatic rings. The fourth-order valence-corrected chi connectivity index (χ4v) is 2.67. The molecular weight excluding hydrogens is 296 g/mol. The van der Waals surface area contributed by atoms with Crippen LogP contribution in [0.2, 0.25) is 5.02 Å². The summed E-state index contributed by atoms with van der Waals surface area (Å²) in [5, 5.41) is 10.5. The molecule has 0 unspecified atom stereocenters. The highest BCUT2D eigenvalue weighted by atomic mass is 35.5. The van der Waals surface area contributed by atoms with Gasteiger partial charge in [0.25, 0.3) is 0 Å². The zero-order chi connectivity index (χ0) is 14.4. The smallest absolute Gasteiger partial charge is 0.137 e.